The fraction of sp³-hybridized carbons (Fsp3) is 0.545. The zero-order chi connectivity index (χ0) is 11.1. The van der Waals surface area contributed by atoms with Gasteiger partial charge in [-0.2, -0.15) is 0 Å². The van der Waals surface area contributed by atoms with Crippen LogP contribution in [0, 0.1) is 5.92 Å². The van der Waals surface area contributed by atoms with Gasteiger partial charge in [0.1, 0.15) is 6.61 Å². The number of carbonyl (C=O) groups is 1. The van der Waals surface area contributed by atoms with Crippen molar-refractivity contribution in [3.63, 3.8) is 0 Å². The predicted octanol–water partition coefficient (Wildman–Crippen LogP) is 2.17. The topological polar surface area (TPSA) is 52.3 Å². The largest absolute Gasteiger partial charge is 0.460 e. The van der Waals surface area contributed by atoms with Gasteiger partial charge >= 0.3 is 5.97 Å². The van der Waals surface area contributed by atoms with Gasteiger partial charge < -0.3 is 10.5 Å². The number of hydrogen-bond donors (Lipinski definition) is 1. The molecule has 0 fully saturated rings. The summed E-state index contributed by atoms with van der Waals surface area (Å²) in [4.78, 5) is 12.6. The fourth-order valence-corrected chi connectivity index (χ4v) is 1.95. The molecule has 0 amide bonds. The minimum Gasteiger partial charge on any atom is -0.460 e. The summed E-state index contributed by atoms with van der Waals surface area (Å²) in [6.07, 6.45) is 1.76. The Labute approximate surface area is 94.2 Å². The van der Waals surface area contributed by atoms with Crippen LogP contribution in [0.3, 0.4) is 0 Å². The molecule has 0 saturated carbocycles. The normalized spacial score (nSPS) is 12.4. The Morgan fingerprint density at radius 2 is 2.47 bits per heavy atom. The second-order valence-corrected chi connectivity index (χ2v) is 4.44. The van der Waals surface area contributed by atoms with Gasteiger partial charge in [0.2, 0.25) is 0 Å². The van der Waals surface area contributed by atoms with Crippen LogP contribution >= 0.6 is 11.3 Å². The van der Waals surface area contributed by atoms with Crippen molar-refractivity contribution in [1.82, 2.24) is 0 Å². The summed E-state index contributed by atoms with van der Waals surface area (Å²) in [5.74, 6) is -0.317. The number of carbonyl (C=O) groups excluding carboxylic acids is 1. The van der Waals surface area contributed by atoms with Crippen LogP contribution in [-0.2, 0) is 16.1 Å². The van der Waals surface area contributed by atoms with Crippen LogP contribution in [-0.4, -0.2) is 12.5 Å². The van der Waals surface area contributed by atoms with Crippen LogP contribution < -0.4 is 5.73 Å². The van der Waals surface area contributed by atoms with Crippen molar-refractivity contribution >= 4 is 17.3 Å². The van der Waals surface area contributed by atoms with Crippen molar-refractivity contribution in [3.8, 4) is 0 Å². The van der Waals surface area contributed by atoms with Gasteiger partial charge in [0, 0.05) is 11.4 Å². The molecule has 0 spiro atoms. The third kappa shape index (κ3) is 4.01. The summed E-state index contributed by atoms with van der Waals surface area (Å²) < 4.78 is 5.18. The van der Waals surface area contributed by atoms with Crippen LogP contribution in [0.5, 0.6) is 0 Å². The molecular formula is C11H17NO2S. The highest BCUT2D eigenvalue weighted by molar-refractivity contribution is 7.09. The predicted molar refractivity (Wildman–Crippen MR) is 61.6 cm³/mol. The molecule has 1 aromatic rings. The molecule has 2 N–H and O–H groups in total. The zero-order valence-electron chi connectivity index (χ0n) is 8.94. The SMILES string of the molecule is CCCC(CN)C(=O)OCc1cccs1. The summed E-state index contributed by atoms with van der Waals surface area (Å²) in [5, 5.41) is 1.97. The molecule has 1 unspecified atom stereocenters. The maximum atomic E-state index is 11.6. The van der Waals surface area contributed by atoms with Crippen LogP contribution in [0.1, 0.15) is 24.6 Å². The maximum Gasteiger partial charge on any atom is 0.310 e. The van der Waals surface area contributed by atoms with E-state index in [9.17, 15) is 4.79 Å². The third-order valence-electron chi connectivity index (χ3n) is 2.19. The van der Waals surface area contributed by atoms with E-state index in [1.54, 1.807) is 11.3 Å². The number of rotatable bonds is 6. The lowest BCUT2D eigenvalue weighted by atomic mass is 10.0. The number of nitrogens with two attached hydrogens (primary N) is 1. The van der Waals surface area contributed by atoms with E-state index in [-0.39, 0.29) is 11.9 Å². The van der Waals surface area contributed by atoms with Gasteiger partial charge in [0.05, 0.1) is 5.92 Å². The summed E-state index contributed by atoms with van der Waals surface area (Å²) in [6.45, 7) is 2.78. The van der Waals surface area contributed by atoms with Crippen LogP contribution in [0.25, 0.3) is 0 Å². The summed E-state index contributed by atoms with van der Waals surface area (Å²) in [7, 11) is 0. The van der Waals surface area contributed by atoms with E-state index in [2.05, 4.69) is 0 Å². The summed E-state index contributed by atoms with van der Waals surface area (Å²) >= 11 is 1.59. The lowest BCUT2D eigenvalue weighted by Crippen LogP contribution is -2.25. The van der Waals surface area contributed by atoms with Crippen molar-refractivity contribution in [2.45, 2.75) is 26.4 Å². The molecule has 0 aliphatic carbocycles. The van der Waals surface area contributed by atoms with Gasteiger partial charge in [-0.25, -0.2) is 0 Å². The molecule has 0 aliphatic heterocycles. The molecule has 1 heterocycles. The first-order valence-electron chi connectivity index (χ1n) is 5.17. The highest BCUT2D eigenvalue weighted by Gasteiger charge is 2.17. The second-order valence-electron chi connectivity index (χ2n) is 3.41. The highest BCUT2D eigenvalue weighted by atomic mass is 32.1. The number of thiophene rings is 1. The monoisotopic (exact) mass is 227 g/mol. The van der Waals surface area contributed by atoms with Gasteiger partial charge in [-0.15, -0.1) is 11.3 Å². The average molecular weight is 227 g/mol. The Bertz CT molecular complexity index is 285. The maximum absolute atomic E-state index is 11.6. The molecule has 0 saturated heterocycles. The van der Waals surface area contributed by atoms with E-state index in [0.717, 1.165) is 17.7 Å². The molecule has 1 aromatic heterocycles. The molecule has 15 heavy (non-hydrogen) atoms. The first-order valence-corrected chi connectivity index (χ1v) is 6.05. The Hall–Kier alpha value is -0.870. The minimum absolute atomic E-state index is 0.144. The molecule has 0 aliphatic rings. The molecule has 1 atom stereocenters. The van der Waals surface area contributed by atoms with Crippen LogP contribution in [0.4, 0.5) is 0 Å². The minimum atomic E-state index is -0.173. The van der Waals surface area contributed by atoms with Crippen LogP contribution in [0.2, 0.25) is 0 Å². The van der Waals surface area contributed by atoms with Gasteiger partial charge in [0.25, 0.3) is 0 Å². The van der Waals surface area contributed by atoms with E-state index in [4.69, 9.17) is 10.5 Å². The molecule has 0 radical (unpaired) electrons. The second kappa shape index (κ2) is 6.58. The first kappa shape index (κ1) is 12.2. The number of esters is 1. The lowest BCUT2D eigenvalue weighted by Gasteiger charge is -2.12. The van der Waals surface area contributed by atoms with E-state index < -0.39 is 0 Å². The lowest BCUT2D eigenvalue weighted by molar-refractivity contribution is -0.149. The van der Waals surface area contributed by atoms with E-state index >= 15 is 0 Å². The smallest absolute Gasteiger partial charge is 0.310 e. The van der Waals surface area contributed by atoms with E-state index in [0.29, 0.717) is 13.2 Å². The number of hydrogen-bond acceptors (Lipinski definition) is 4. The van der Waals surface area contributed by atoms with Crippen molar-refractivity contribution in [2.75, 3.05) is 6.54 Å². The molecule has 3 nitrogen and oxygen atoms in total. The Morgan fingerprint density at radius 1 is 1.67 bits per heavy atom. The Balaban J connectivity index is 2.34. The van der Waals surface area contributed by atoms with Crippen molar-refractivity contribution < 1.29 is 9.53 Å². The molecular weight excluding hydrogens is 210 g/mol. The van der Waals surface area contributed by atoms with Gasteiger partial charge in [-0.3, -0.25) is 4.79 Å². The molecule has 0 aromatic carbocycles. The highest BCUT2D eigenvalue weighted by Crippen LogP contribution is 2.12. The van der Waals surface area contributed by atoms with E-state index in [1.165, 1.54) is 0 Å². The van der Waals surface area contributed by atoms with Gasteiger partial charge in [0.15, 0.2) is 0 Å². The fourth-order valence-electron chi connectivity index (χ4n) is 1.34. The average Bonchev–Trinajstić information content (AvgIpc) is 2.75. The number of ether oxygens (including phenoxy) is 1. The summed E-state index contributed by atoms with van der Waals surface area (Å²) in [5.41, 5.74) is 5.51. The van der Waals surface area contributed by atoms with E-state index in [1.807, 2.05) is 24.4 Å². The first-order chi connectivity index (χ1) is 7.27. The van der Waals surface area contributed by atoms with Crippen molar-refractivity contribution in [3.05, 3.63) is 22.4 Å². The van der Waals surface area contributed by atoms with Gasteiger partial charge in [-0.1, -0.05) is 19.4 Å². The molecule has 1 rings (SSSR count). The third-order valence-corrected chi connectivity index (χ3v) is 3.04. The molecule has 0 bridgehead atoms. The van der Waals surface area contributed by atoms with Crippen LogP contribution in [0.15, 0.2) is 17.5 Å². The van der Waals surface area contributed by atoms with Gasteiger partial charge in [-0.05, 0) is 17.9 Å². The Kier molecular flexibility index (Phi) is 5.36. The molecule has 84 valence electrons. The summed E-state index contributed by atoms with van der Waals surface area (Å²) in [6, 6.07) is 3.90. The zero-order valence-corrected chi connectivity index (χ0v) is 9.76. The van der Waals surface area contributed by atoms with Crippen molar-refractivity contribution in [1.29, 1.82) is 0 Å². The molecule has 4 heteroatoms. The standard InChI is InChI=1S/C11H17NO2S/c1-2-4-9(7-12)11(13)14-8-10-5-3-6-15-10/h3,5-6,9H,2,4,7-8,12H2,1H3. The van der Waals surface area contributed by atoms with Crippen molar-refractivity contribution in [2.24, 2.45) is 11.7 Å². The Morgan fingerprint density at radius 3 is 3.00 bits per heavy atom. The quantitative estimate of drug-likeness (QED) is 0.758.